The summed E-state index contributed by atoms with van der Waals surface area (Å²) >= 11 is 0. The zero-order valence-electron chi connectivity index (χ0n) is 13.9. The van der Waals surface area contributed by atoms with E-state index in [4.69, 9.17) is 4.98 Å². The van der Waals surface area contributed by atoms with Crippen molar-refractivity contribution in [3.63, 3.8) is 0 Å². The van der Waals surface area contributed by atoms with Gasteiger partial charge in [-0.2, -0.15) is 4.98 Å². The molecule has 25 heavy (non-hydrogen) atoms. The van der Waals surface area contributed by atoms with Crippen molar-refractivity contribution >= 4 is 5.82 Å². The van der Waals surface area contributed by atoms with Gasteiger partial charge in [-0.1, -0.05) is 13.0 Å². The van der Waals surface area contributed by atoms with E-state index in [0.717, 1.165) is 35.3 Å². The number of nitrogens with zero attached hydrogens (tertiary/aromatic N) is 8. The van der Waals surface area contributed by atoms with Gasteiger partial charge in [0.1, 0.15) is 17.8 Å². The molecule has 4 heterocycles. The van der Waals surface area contributed by atoms with Crippen molar-refractivity contribution in [2.24, 2.45) is 0 Å². The second kappa shape index (κ2) is 5.10. The topological polar surface area (TPSA) is 77.5 Å². The number of hydrogen-bond donors (Lipinski definition) is 0. The van der Waals surface area contributed by atoms with Gasteiger partial charge < -0.3 is 4.90 Å². The molecule has 5 rings (SSSR count). The first-order valence-electron chi connectivity index (χ1n) is 8.23. The Bertz CT molecular complexity index is 1010. The van der Waals surface area contributed by atoms with Crippen LogP contribution in [0.15, 0.2) is 48.8 Å². The number of allylic oxidation sites excluding steroid dienone is 3. The summed E-state index contributed by atoms with van der Waals surface area (Å²) in [6.45, 7) is 4.10. The number of rotatable bonds is 3. The fourth-order valence-electron chi connectivity index (χ4n) is 3.36. The predicted octanol–water partition coefficient (Wildman–Crippen LogP) is 2.28. The largest absolute Gasteiger partial charge is 0.314 e. The highest BCUT2D eigenvalue weighted by atomic mass is 15.4. The van der Waals surface area contributed by atoms with Gasteiger partial charge in [0, 0.05) is 18.1 Å². The van der Waals surface area contributed by atoms with Gasteiger partial charge in [-0.25, -0.2) is 9.97 Å². The summed E-state index contributed by atoms with van der Waals surface area (Å²) in [6.07, 6.45) is 14.2. The smallest absolute Gasteiger partial charge is 0.237 e. The Morgan fingerprint density at radius 2 is 2.12 bits per heavy atom. The highest BCUT2D eigenvalue weighted by Crippen LogP contribution is 2.42. The van der Waals surface area contributed by atoms with Crippen LogP contribution in [-0.4, -0.2) is 34.3 Å². The number of imidazole rings is 1. The highest BCUT2D eigenvalue weighted by Gasteiger charge is 2.36. The summed E-state index contributed by atoms with van der Waals surface area (Å²) in [5.74, 6) is 3.21. The third kappa shape index (κ3) is 1.90. The van der Waals surface area contributed by atoms with E-state index in [0.29, 0.717) is 5.95 Å². The second-order valence-corrected chi connectivity index (χ2v) is 6.03. The van der Waals surface area contributed by atoms with E-state index < -0.39 is 0 Å². The molecule has 0 spiro atoms. The van der Waals surface area contributed by atoms with E-state index in [2.05, 4.69) is 48.7 Å². The van der Waals surface area contributed by atoms with Crippen molar-refractivity contribution in [3.8, 4) is 11.6 Å². The molecule has 0 amide bonds. The van der Waals surface area contributed by atoms with Gasteiger partial charge in [-0.05, 0) is 25.5 Å². The van der Waals surface area contributed by atoms with E-state index in [-0.39, 0.29) is 6.04 Å². The maximum Gasteiger partial charge on any atom is 0.237 e. The molecular weight excluding hydrogens is 316 g/mol. The molecule has 1 atom stereocenters. The van der Waals surface area contributed by atoms with E-state index in [1.54, 1.807) is 17.1 Å². The van der Waals surface area contributed by atoms with Crippen LogP contribution in [-0.2, 0) is 0 Å². The predicted molar refractivity (Wildman–Crippen MR) is 91.5 cm³/mol. The minimum Gasteiger partial charge on any atom is -0.314 e. The maximum absolute atomic E-state index is 4.84. The lowest BCUT2D eigenvalue weighted by molar-refractivity contribution is 0.572. The SMILES string of the molecule is CCC1c2nnc(C)n2-c2cnc(-n3ccnc3)nc2N1C1=CC=C1. The van der Waals surface area contributed by atoms with Crippen LogP contribution < -0.4 is 4.90 Å². The lowest BCUT2D eigenvalue weighted by Gasteiger charge is -2.38. The molecule has 8 nitrogen and oxygen atoms in total. The zero-order valence-corrected chi connectivity index (χ0v) is 13.9. The number of fused-ring (bicyclic) bond motifs is 3. The van der Waals surface area contributed by atoms with Crippen LogP contribution >= 0.6 is 0 Å². The van der Waals surface area contributed by atoms with Gasteiger partial charge in [0.2, 0.25) is 5.95 Å². The molecule has 0 bridgehead atoms. The molecule has 2 aliphatic rings. The number of aromatic nitrogens is 7. The molecule has 0 aromatic carbocycles. The third-order valence-corrected chi connectivity index (χ3v) is 4.60. The standard InChI is InChI=1S/C17H16N8/c1-3-13-16-22-21-11(2)24(16)14-9-19-17(23-8-7-18-10-23)20-15(14)25(13)12-5-4-6-12/h4-10,13H,3H2,1-2H3. The van der Waals surface area contributed by atoms with Crippen LogP contribution in [0.5, 0.6) is 0 Å². The van der Waals surface area contributed by atoms with Gasteiger partial charge in [0.05, 0.1) is 12.2 Å². The Hall–Kier alpha value is -3.29. The minimum absolute atomic E-state index is 0.0791. The number of anilines is 1. The summed E-state index contributed by atoms with van der Waals surface area (Å²) in [4.78, 5) is 15.7. The molecule has 0 radical (unpaired) electrons. The quantitative estimate of drug-likeness (QED) is 0.732. The molecule has 0 fully saturated rings. The first-order chi connectivity index (χ1) is 12.3. The van der Waals surface area contributed by atoms with Crippen LogP contribution in [0.25, 0.3) is 11.6 Å². The molecule has 1 aliphatic heterocycles. The van der Waals surface area contributed by atoms with Crippen molar-refractivity contribution in [2.45, 2.75) is 26.3 Å². The lowest BCUT2D eigenvalue weighted by Crippen LogP contribution is -2.36. The zero-order chi connectivity index (χ0) is 17.0. The van der Waals surface area contributed by atoms with E-state index in [9.17, 15) is 0 Å². The van der Waals surface area contributed by atoms with Crippen LogP contribution in [0, 0.1) is 6.92 Å². The Morgan fingerprint density at radius 1 is 1.24 bits per heavy atom. The molecule has 1 unspecified atom stereocenters. The molecule has 0 N–H and O–H groups in total. The van der Waals surface area contributed by atoms with Crippen molar-refractivity contribution in [3.05, 3.63) is 60.5 Å². The molecule has 0 saturated heterocycles. The molecule has 124 valence electrons. The molecule has 8 heteroatoms. The average molecular weight is 332 g/mol. The monoisotopic (exact) mass is 332 g/mol. The average Bonchev–Trinajstić information content (AvgIpc) is 3.23. The maximum atomic E-state index is 4.84. The van der Waals surface area contributed by atoms with Crippen molar-refractivity contribution in [1.29, 1.82) is 0 Å². The van der Waals surface area contributed by atoms with Gasteiger partial charge in [-0.15, -0.1) is 10.2 Å². The van der Waals surface area contributed by atoms with E-state index in [1.807, 2.05) is 25.4 Å². The second-order valence-electron chi connectivity index (χ2n) is 6.03. The molecule has 1 aliphatic carbocycles. The van der Waals surface area contributed by atoms with Crippen molar-refractivity contribution in [2.75, 3.05) is 4.90 Å². The first kappa shape index (κ1) is 14.1. The Labute approximate surface area is 144 Å². The minimum atomic E-state index is 0.0791. The summed E-state index contributed by atoms with van der Waals surface area (Å²) < 4.78 is 3.86. The fraction of sp³-hybridized carbons (Fsp3) is 0.235. The first-order valence-corrected chi connectivity index (χ1v) is 8.23. The molecule has 3 aromatic rings. The molecule has 0 saturated carbocycles. The Kier molecular flexibility index (Phi) is 2.87. The summed E-state index contributed by atoms with van der Waals surface area (Å²) in [5.41, 5.74) is 2.02. The molecule has 3 aromatic heterocycles. The Morgan fingerprint density at radius 3 is 2.80 bits per heavy atom. The van der Waals surface area contributed by atoms with Gasteiger partial charge in [-0.3, -0.25) is 9.13 Å². The van der Waals surface area contributed by atoms with Crippen LogP contribution in [0.2, 0.25) is 0 Å². The van der Waals surface area contributed by atoms with Crippen LogP contribution in [0.3, 0.4) is 0 Å². The van der Waals surface area contributed by atoms with E-state index >= 15 is 0 Å². The third-order valence-electron chi connectivity index (χ3n) is 4.60. The van der Waals surface area contributed by atoms with Gasteiger partial charge >= 0.3 is 0 Å². The normalized spacial score (nSPS) is 17.8. The Balaban J connectivity index is 1.76. The van der Waals surface area contributed by atoms with Crippen LogP contribution in [0.4, 0.5) is 5.82 Å². The molecular formula is C17H16N8. The lowest BCUT2D eigenvalue weighted by atomic mass is 10.0. The number of hydrogen-bond acceptors (Lipinski definition) is 6. The van der Waals surface area contributed by atoms with Gasteiger partial charge in [0.15, 0.2) is 11.6 Å². The van der Waals surface area contributed by atoms with Crippen molar-refractivity contribution < 1.29 is 0 Å². The van der Waals surface area contributed by atoms with Crippen LogP contribution in [0.1, 0.15) is 31.0 Å². The summed E-state index contributed by atoms with van der Waals surface area (Å²) in [5, 5.41) is 8.70. The highest BCUT2D eigenvalue weighted by molar-refractivity contribution is 5.68. The van der Waals surface area contributed by atoms with Gasteiger partial charge in [0.25, 0.3) is 0 Å². The summed E-state index contributed by atoms with van der Waals surface area (Å²) in [7, 11) is 0. The number of aryl methyl sites for hydroxylation is 1. The summed E-state index contributed by atoms with van der Waals surface area (Å²) in [6, 6.07) is 0.0791. The fourth-order valence-corrected chi connectivity index (χ4v) is 3.36. The van der Waals surface area contributed by atoms with Crippen molar-refractivity contribution in [1.82, 2.24) is 34.3 Å². The van der Waals surface area contributed by atoms with E-state index in [1.165, 1.54) is 0 Å².